The molecule has 1 aromatic heterocycles. The predicted octanol–water partition coefficient (Wildman–Crippen LogP) is 4.55. The highest BCUT2D eigenvalue weighted by atomic mass is 16.5. The van der Waals surface area contributed by atoms with Gasteiger partial charge in [-0.15, -0.1) is 10.2 Å². The van der Waals surface area contributed by atoms with Crippen LogP contribution < -0.4 is 14.8 Å². The zero-order chi connectivity index (χ0) is 19.9. The van der Waals surface area contributed by atoms with Gasteiger partial charge in [-0.1, -0.05) is 24.3 Å². The second-order valence-corrected chi connectivity index (χ2v) is 6.05. The summed E-state index contributed by atoms with van der Waals surface area (Å²) in [5.74, 6) is 2.06. The molecule has 0 aliphatic heterocycles. The molecule has 0 radical (unpaired) electrons. The van der Waals surface area contributed by atoms with E-state index in [1.807, 2.05) is 42.5 Å². The lowest BCUT2D eigenvalue weighted by atomic mass is 10.2. The monoisotopic (exact) mass is 387 g/mol. The lowest BCUT2D eigenvalue weighted by Gasteiger charge is -2.10. The van der Waals surface area contributed by atoms with Crippen molar-refractivity contribution in [2.75, 3.05) is 11.9 Å². The Morgan fingerprint density at radius 1 is 0.897 bits per heavy atom. The molecule has 1 heterocycles. The summed E-state index contributed by atoms with van der Waals surface area (Å²) in [4.78, 5) is 12.2. The summed E-state index contributed by atoms with van der Waals surface area (Å²) in [5.41, 5.74) is 1.40. The molecule has 7 nitrogen and oxygen atoms in total. The zero-order valence-corrected chi connectivity index (χ0v) is 15.3. The van der Waals surface area contributed by atoms with E-state index in [4.69, 9.17) is 13.9 Å². The Kier molecular flexibility index (Phi) is 5.48. The topological polar surface area (TPSA) is 86.5 Å². The molecule has 4 aromatic rings. The maximum absolute atomic E-state index is 12.2. The molecule has 0 saturated carbocycles. The van der Waals surface area contributed by atoms with Gasteiger partial charge in [0.15, 0.2) is 6.61 Å². The second-order valence-electron chi connectivity index (χ2n) is 6.05. The van der Waals surface area contributed by atoms with Crippen LogP contribution in [0.5, 0.6) is 17.2 Å². The van der Waals surface area contributed by atoms with Crippen molar-refractivity contribution < 1.29 is 18.7 Å². The molecular weight excluding hydrogens is 370 g/mol. The third-order valence-corrected chi connectivity index (χ3v) is 3.93. The minimum absolute atomic E-state index is 0.121. The van der Waals surface area contributed by atoms with Gasteiger partial charge in [0.2, 0.25) is 12.3 Å². The zero-order valence-electron chi connectivity index (χ0n) is 15.3. The lowest BCUT2D eigenvalue weighted by molar-refractivity contribution is -0.118. The first kappa shape index (κ1) is 18.2. The van der Waals surface area contributed by atoms with Crippen molar-refractivity contribution in [1.82, 2.24) is 10.2 Å². The molecule has 1 N–H and O–H groups in total. The van der Waals surface area contributed by atoms with Gasteiger partial charge in [-0.2, -0.15) is 0 Å². The molecule has 29 heavy (non-hydrogen) atoms. The summed E-state index contributed by atoms with van der Waals surface area (Å²) < 4.78 is 16.4. The van der Waals surface area contributed by atoms with Gasteiger partial charge in [0.25, 0.3) is 5.91 Å². The van der Waals surface area contributed by atoms with E-state index in [2.05, 4.69) is 15.5 Å². The highest BCUT2D eigenvalue weighted by Gasteiger charge is 2.07. The first-order valence-corrected chi connectivity index (χ1v) is 8.88. The third kappa shape index (κ3) is 4.98. The minimum atomic E-state index is -0.275. The molecule has 0 aliphatic carbocycles. The number of anilines is 1. The highest BCUT2D eigenvalue weighted by molar-refractivity contribution is 5.92. The van der Waals surface area contributed by atoms with Crippen molar-refractivity contribution in [3.63, 3.8) is 0 Å². The van der Waals surface area contributed by atoms with Crippen molar-refractivity contribution in [3.05, 3.63) is 85.3 Å². The smallest absolute Gasteiger partial charge is 0.262 e. The largest absolute Gasteiger partial charge is 0.484 e. The molecule has 7 heteroatoms. The summed E-state index contributed by atoms with van der Waals surface area (Å²) in [5, 5.41) is 10.3. The van der Waals surface area contributed by atoms with Crippen LogP contribution in [0.1, 0.15) is 0 Å². The van der Waals surface area contributed by atoms with Crippen molar-refractivity contribution in [2.24, 2.45) is 0 Å². The summed E-state index contributed by atoms with van der Waals surface area (Å²) in [6.07, 6.45) is 1.27. The number of nitrogens with zero attached hydrogens (tertiary/aromatic N) is 2. The molecular formula is C22H17N3O4. The summed E-state index contributed by atoms with van der Waals surface area (Å²) >= 11 is 0. The van der Waals surface area contributed by atoms with Crippen LogP contribution in [0.2, 0.25) is 0 Å². The average Bonchev–Trinajstić information content (AvgIpc) is 3.29. The number of hydrogen-bond acceptors (Lipinski definition) is 6. The third-order valence-electron chi connectivity index (χ3n) is 3.93. The first-order chi connectivity index (χ1) is 14.3. The SMILES string of the molecule is O=C(COc1ccc(-c2nnco2)cc1)Nc1cccc(Oc2ccccc2)c1. The van der Waals surface area contributed by atoms with Crippen LogP contribution in [0.3, 0.4) is 0 Å². The van der Waals surface area contributed by atoms with Gasteiger partial charge in [0.1, 0.15) is 17.2 Å². The molecule has 0 spiro atoms. The van der Waals surface area contributed by atoms with Crippen LogP contribution in [0.25, 0.3) is 11.5 Å². The Hall–Kier alpha value is -4.13. The summed E-state index contributed by atoms with van der Waals surface area (Å²) in [7, 11) is 0. The van der Waals surface area contributed by atoms with Crippen LogP contribution in [-0.2, 0) is 4.79 Å². The number of amides is 1. The van der Waals surface area contributed by atoms with Crippen LogP contribution in [0.15, 0.2) is 89.7 Å². The molecule has 0 unspecified atom stereocenters. The van der Waals surface area contributed by atoms with Gasteiger partial charge < -0.3 is 19.2 Å². The quantitative estimate of drug-likeness (QED) is 0.501. The number of carbonyl (C=O) groups excluding carboxylic acids is 1. The van der Waals surface area contributed by atoms with E-state index in [1.165, 1.54) is 6.39 Å². The molecule has 4 rings (SSSR count). The Balaban J connectivity index is 1.31. The van der Waals surface area contributed by atoms with E-state index < -0.39 is 0 Å². The lowest BCUT2D eigenvalue weighted by Crippen LogP contribution is -2.20. The first-order valence-electron chi connectivity index (χ1n) is 8.88. The van der Waals surface area contributed by atoms with E-state index in [1.54, 1.807) is 36.4 Å². The highest BCUT2D eigenvalue weighted by Crippen LogP contribution is 2.24. The normalized spacial score (nSPS) is 10.3. The number of aromatic nitrogens is 2. The van der Waals surface area contributed by atoms with Gasteiger partial charge in [0, 0.05) is 17.3 Å². The maximum Gasteiger partial charge on any atom is 0.262 e. The summed E-state index contributed by atoms with van der Waals surface area (Å²) in [6.45, 7) is -0.121. The Morgan fingerprint density at radius 3 is 2.45 bits per heavy atom. The van der Waals surface area contributed by atoms with Crippen molar-refractivity contribution >= 4 is 11.6 Å². The number of rotatable bonds is 7. The van der Waals surface area contributed by atoms with E-state index >= 15 is 0 Å². The fourth-order valence-corrected chi connectivity index (χ4v) is 2.60. The fourth-order valence-electron chi connectivity index (χ4n) is 2.60. The molecule has 1 amide bonds. The molecule has 0 aliphatic rings. The van der Waals surface area contributed by atoms with Gasteiger partial charge in [-0.05, 0) is 48.5 Å². The molecule has 144 valence electrons. The number of carbonyl (C=O) groups is 1. The fraction of sp³-hybridized carbons (Fsp3) is 0.0455. The van der Waals surface area contributed by atoms with E-state index in [-0.39, 0.29) is 12.5 Å². The van der Waals surface area contributed by atoms with Gasteiger partial charge in [-0.3, -0.25) is 4.79 Å². The van der Waals surface area contributed by atoms with Crippen molar-refractivity contribution in [1.29, 1.82) is 0 Å². The van der Waals surface area contributed by atoms with E-state index in [9.17, 15) is 4.79 Å². The standard InChI is InChI=1S/C22H17N3O4/c26-21(14-27-18-11-9-16(10-12-18)22-25-23-15-28-22)24-17-5-4-8-20(13-17)29-19-6-2-1-3-7-19/h1-13,15H,14H2,(H,24,26). The van der Waals surface area contributed by atoms with Gasteiger partial charge >= 0.3 is 0 Å². The average molecular weight is 387 g/mol. The molecule has 0 fully saturated rings. The van der Waals surface area contributed by atoms with E-state index in [0.29, 0.717) is 23.1 Å². The maximum atomic E-state index is 12.2. The predicted molar refractivity (Wildman–Crippen MR) is 107 cm³/mol. The Bertz CT molecular complexity index is 1060. The van der Waals surface area contributed by atoms with Gasteiger partial charge in [0.05, 0.1) is 0 Å². The van der Waals surface area contributed by atoms with Crippen LogP contribution in [0.4, 0.5) is 5.69 Å². The molecule has 0 bridgehead atoms. The van der Waals surface area contributed by atoms with Crippen LogP contribution >= 0.6 is 0 Å². The number of para-hydroxylation sites is 1. The van der Waals surface area contributed by atoms with Crippen LogP contribution in [-0.4, -0.2) is 22.7 Å². The summed E-state index contributed by atoms with van der Waals surface area (Å²) in [6, 6.07) is 23.7. The van der Waals surface area contributed by atoms with Crippen LogP contribution in [0, 0.1) is 0 Å². The Morgan fingerprint density at radius 2 is 1.69 bits per heavy atom. The number of hydrogen-bond donors (Lipinski definition) is 1. The minimum Gasteiger partial charge on any atom is -0.484 e. The second kappa shape index (κ2) is 8.71. The molecule has 0 atom stereocenters. The number of benzene rings is 3. The number of ether oxygens (including phenoxy) is 2. The van der Waals surface area contributed by atoms with E-state index in [0.717, 1.165) is 11.3 Å². The molecule has 0 saturated heterocycles. The number of nitrogens with one attached hydrogen (secondary N) is 1. The van der Waals surface area contributed by atoms with Crippen molar-refractivity contribution in [3.8, 4) is 28.7 Å². The Labute approximate surface area is 166 Å². The van der Waals surface area contributed by atoms with Gasteiger partial charge in [-0.25, -0.2) is 0 Å². The van der Waals surface area contributed by atoms with Crippen molar-refractivity contribution in [2.45, 2.75) is 0 Å². The molecule has 3 aromatic carbocycles.